The van der Waals surface area contributed by atoms with Crippen LogP contribution < -0.4 is 10.6 Å². The SMILES string of the molecule is CCNC(=O)c1cccc(NC(=O)c2ccncc2)c1. The van der Waals surface area contributed by atoms with Gasteiger partial charge in [-0.05, 0) is 37.3 Å². The second-order valence-electron chi connectivity index (χ2n) is 4.13. The van der Waals surface area contributed by atoms with E-state index >= 15 is 0 Å². The van der Waals surface area contributed by atoms with Gasteiger partial charge in [0, 0.05) is 35.8 Å². The van der Waals surface area contributed by atoms with Crippen LogP contribution in [0, 0.1) is 0 Å². The number of hydrogen-bond donors (Lipinski definition) is 2. The predicted octanol–water partition coefficient (Wildman–Crippen LogP) is 2.08. The van der Waals surface area contributed by atoms with E-state index in [2.05, 4.69) is 15.6 Å². The molecule has 1 aromatic heterocycles. The first-order valence-electron chi connectivity index (χ1n) is 6.30. The van der Waals surface area contributed by atoms with Crippen molar-refractivity contribution in [3.63, 3.8) is 0 Å². The first kappa shape index (κ1) is 13.7. The standard InChI is InChI=1S/C15H15N3O2/c1-2-17-14(19)12-4-3-5-13(10-12)18-15(20)11-6-8-16-9-7-11/h3-10H,2H2,1H3,(H,17,19)(H,18,20). The maximum Gasteiger partial charge on any atom is 0.255 e. The Kier molecular flexibility index (Phi) is 4.44. The lowest BCUT2D eigenvalue weighted by atomic mass is 10.1. The quantitative estimate of drug-likeness (QED) is 0.892. The van der Waals surface area contributed by atoms with Gasteiger partial charge in [0.25, 0.3) is 11.8 Å². The van der Waals surface area contributed by atoms with Crippen molar-refractivity contribution in [2.45, 2.75) is 6.92 Å². The second kappa shape index (κ2) is 6.47. The molecular weight excluding hydrogens is 254 g/mol. The van der Waals surface area contributed by atoms with E-state index in [1.54, 1.807) is 48.8 Å². The van der Waals surface area contributed by atoms with Crippen molar-refractivity contribution in [1.82, 2.24) is 10.3 Å². The summed E-state index contributed by atoms with van der Waals surface area (Å²) in [6.07, 6.45) is 3.11. The topological polar surface area (TPSA) is 71.1 Å². The molecule has 1 aromatic carbocycles. The molecule has 5 nitrogen and oxygen atoms in total. The maximum absolute atomic E-state index is 12.0. The number of anilines is 1. The van der Waals surface area contributed by atoms with E-state index in [0.717, 1.165) is 0 Å². The monoisotopic (exact) mass is 269 g/mol. The largest absolute Gasteiger partial charge is 0.352 e. The number of rotatable bonds is 4. The molecule has 2 amide bonds. The molecule has 0 fully saturated rings. The zero-order valence-corrected chi connectivity index (χ0v) is 11.1. The molecule has 0 saturated carbocycles. The molecule has 0 aliphatic carbocycles. The van der Waals surface area contributed by atoms with Crippen LogP contribution in [0.1, 0.15) is 27.6 Å². The molecule has 0 aliphatic heterocycles. The highest BCUT2D eigenvalue weighted by Gasteiger charge is 2.08. The lowest BCUT2D eigenvalue weighted by molar-refractivity contribution is 0.0954. The molecule has 1 heterocycles. The third kappa shape index (κ3) is 3.41. The molecule has 0 radical (unpaired) electrons. The van der Waals surface area contributed by atoms with Gasteiger partial charge in [0.05, 0.1) is 0 Å². The Labute approximate surface area is 117 Å². The highest BCUT2D eigenvalue weighted by Crippen LogP contribution is 2.12. The van der Waals surface area contributed by atoms with E-state index in [1.165, 1.54) is 0 Å². The maximum atomic E-state index is 12.0. The van der Waals surface area contributed by atoms with Crippen LogP contribution in [0.15, 0.2) is 48.8 Å². The minimum absolute atomic E-state index is 0.160. The Morgan fingerprint density at radius 1 is 1.05 bits per heavy atom. The summed E-state index contributed by atoms with van der Waals surface area (Å²) in [5.74, 6) is -0.395. The third-order valence-electron chi connectivity index (χ3n) is 2.66. The first-order chi connectivity index (χ1) is 9.70. The van der Waals surface area contributed by atoms with Crippen LogP contribution in [0.2, 0.25) is 0 Å². The van der Waals surface area contributed by atoms with Gasteiger partial charge in [-0.25, -0.2) is 0 Å². The molecule has 20 heavy (non-hydrogen) atoms. The van der Waals surface area contributed by atoms with E-state index in [1.807, 2.05) is 6.92 Å². The van der Waals surface area contributed by atoms with E-state index in [9.17, 15) is 9.59 Å². The van der Waals surface area contributed by atoms with Crippen molar-refractivity contribution >= 4 is 17.5 Å². The van der Waals surface area contributed by atoms with Gasteiger partial charge in [0.2, 0.25) is 0 Å². The summed E-state index contributed by atoms with van der Waals surface area (Å²) in [5, 5.41) is 5.46. The number of hydrogen-bond acceptors (Lipinski definition) is 3. The summed E-state index contributed by atoms with van der Waals surface area (Å²) in [6, 6.07) is 10.1. The van der Waals surface area contributed by atoms with Gasteiger partial charge in [-0.2, -0.15) is 0 Å². The van der Waals surface area contributed by atoms with Crippen molar-refractivity contribution in [3.05, 3.63) is 59.9 Å². The highest BCUT2D eigenvalue weighted by molar-refractivity contribution is 6.05. The van der Waals surface area contributed by atoms with E-state index in [4.69, 9.17) is 0 Å². The summed E-state index contributed by atoms with van der Waals surface area (Å²) in [6.45, 7) is 2.42. The number of amides is 2. The zero-order valence-electron chi connectivity index (χ0n) is 11.1. The van der Waals surface area contributed by atoms with Gasteiger partial charge in [-0.15, -0.1) is 0 Å². The summed E-state index contributed by atoms with van der Waals surface area (Å²) in [5.41, 5.74) is 1.61. The minimum Gasteiger partial charge on any atom is -0.352 e. The number of carbonyl (C=O) groups excluding carboxylic acids is 2. The minimum atomic E-state index is -0.236. The van der Waals surface area contributed by atoms with Gasteiger partial charge >= 0.3 is 0 Å². The molecule has 2 rings (SSSR count). The fourth-order valence-electron chi connectivity index (χ4n) is 1.71. The van der Waals surface area contributed by atoms with Crippen molar-refractivity contribution in [1.29, 1.82) is 0 Å². The van der Waals surface area contributed by atoms with Crippen molar-refractivity contribution < 1.29 is 9.59 Å². The van der Waals surface area contributed by atoms with E-state index in [0.29, 0.717) is 23.4 Å². The smallest absolute Gasteiger partial charge is 0.255 e. The fourth-order valence-corrected chi connectivity index (χ4v) is 1.71. The van der Waals surface area contributed by atoms with Crippen molar-refractivity contribution in [2.24, 2.45) is 0 Å². The molecule has 0 spiro atoms. The van der Waals surface area contributed by atoms with Crippen LogP contribution in [0.3, 0.4) is 0 Å². The molecule has 0 aliphatic rings. The summed E-state index contributed by atoms with van der Waals surface area (Å²) >= 11 is 0. The Morgan fingerprint density at radius 3 is 2.50 bits per heavy atom. The Hall–Kier alpha value is -2.69. The molecular formula is C15H15N3O2. The lowest BCUT2D eigenvalue weighted by Crippen LogP contribution is -2.22. The Morgan fingerprint density at radius 2 is 1.80 bits per heavy atom. The van der Waals surface area contributed by atoms with Crippen LogP contribution in [-0.4, -0.2) is 23.3 Å². The number of pyridine rings is 1. The molecule has 102 valence electrons. The lowest BCUT2D eigenvalue weighted by Gasteiger charge is -2.07. The number of nitrogens with one attached hydrogen (secondary N) is 2. The van der Waals surface area contributed by atoms with E-state index in [-0.39, 0.29) is 11.8 Å². The number of aromatic nitrogens is 1. The number of benzene rings is 1. The summed E-state index contributed by atoms with van der Waals surface area (Å²) in [4.78, 5) is 27.6. The first-order valence-corrected chi connectivity index (χ1v) is 6.30. The highest BCUT2D eigenvalue weighted by atomic mass is 16.2. The van der Waals surface area contributed by atoms with Gasteiger partial charge < -0.3 is 10.6 Å². The fraction of sp³-hybridized carbons (Fsp3) is 0.133. The van der Waals surface area contributed by atoms with Crippen molar-refractivity contribution in [3.8, 4) is 0 Å². The van der Waals surface area contributed by atoms with Crippen LogP contribution in [0.25, 0.3) is 0 Å². The van der Waals surface area contributed by atoms with E-state index < -0.39 is 0 Å². The van der Waals surface area contributed by atoms with Crippen LogP contribution in [0.4, 0.5) is 5.69 Å². The average molecular weight is 269 g/mol. The molecule has 0 bridgehead atoms. The third-order valence-corrected chi connectivity index (χ3v) is 2.66. The van der Waals surface area contributed by atoms with Gasteiger partial charge in [0.1, 0.15) is 0 Å². The van der Waals surface area contributed by atoms with Gasteiger partial charge in [-0.1, -0.05) is 6.07 Å². The van der Waals surface area contributed by atoms with Crippen LogP contribution in [-0.2, 0) is 0 Å². The van der Waals surface area contributed by atoms with Gasteiger partial charge in [0.15, 0.2) is 0 Å². The molecule has 2 N–H and O–H groups in total. The van der Waals surface area contributed by atoms with Gasteiger partial charge in [-0.3, -0.25) is 14.6 Å². The predicted molar refractivity (Wildman–Crippen MR) is 76.6 cm³/mol. The van der Waals surface area contributed by atoms with Crippen LogP contribution in [0.5, 0.6) is 0 Å². The molecule has 0 saturated heterocycles. The summed E-state index contributed by atoms with van der Waals surface area (Å²) < 4.78 is 0. The Bertz CT molecular complexity index is 612. The molecule has 0 unspecified atom stereocenters. The van der Waals surface area contributed by atoms with Crippen molar-refractivity contribution in [2.75, 3.05) is 11.9 Å². The molecule has 5 heteroatoms. The average Bonchev–Trinajstić information content (AvgIpc) is 2.48. The second-order valence-corrected chi connectivity index (χ2v) is 4.13. The number of carbonyl (C=O) groups is 2. The Balaban J connectivity index is 2.12. The molecule has 2 aromatic rings. The normalized spacial score (nSPS) is 9.85. The zero-order chi connectivity index (χ0) is 14.4. The molecule has 0 atom stereocenters. The number of nitrogens with zero attached hydrogens (tertiary/aromatic N) is 1. The summed E-state index contributed by atoms with van der Waals surface area (Å²) in [7, 11) is 0. The van der Waals surface area contributed by atoms with Crippen LogP contribution >= 0.6 is 0 Å².